The van der Waals surface area contributed by atoms with Gasteiger partial charge in [0, 0.05) is 14.0 Å². The van der Waals surface area contributed by atoms with Gasteiger partial charge in [0.15, 0.2) is 5.69 Å². The minimum absolute atomic E-state index is 0.521. The Kier molecular flexibility index (Phi) is 2.49. The van der Waals surface area contributed by atoms with Crippen molar-refractivity contribution in [1.82, 2.24) is 9.78 Å². The summed E-state index contributed by atoms with van der Waals surface area (Å²) in [5, 5.41) is 11.4. The first-order chi connectivity index (χ1) is 6.25. The molecule has 1 heterocycles. The number of aromatic nitrogens is 2. The first-order valence-corrected chi connectivity index (χ1v) is 3.97. The number of carboxylic acid groups (broad SMARTS) is 1. The number of rotatable bonds is 2. The third-order valence-electron chi connectivity index (χ3n) is 1.61. The Balaban J connectivity index is 3.40. The van der Waals surface area contributed by atoms with E-state index in [1.807, 2.05) is 0 Å². The Morgan fingerprint density at radius 1 is 1.64 bits per heavy atom. The summed E-state index contributed by atoms with van der Waals surface area (Å²) in [5.74, 6) is -4.65. The molecule has 1 aromatic rings. The second-order valence-corrected chi connectivity index (χ2v) is 3.21. The largest absolute Gasteiger partial charge is 0.476 e. The maximum absolute atomic E-state index is 12.9. The molecule has 1 aromatic heterocycles. The predicted molar refractivity (Wildman–Crippen MR) is 44.7 cm³/mol. The summed E-state index contributed by atoms with van der Waals surface area (Å²) >= 11 is 5.47. The molecule has 0 radical (unpaired) electrons. The molecular formula is C7H7ClF2N2O2. The highest BCUT2D eigenvalue weighted by molar-refractivity contribution is 6.34. The summed E-state index contributed by atoms with van der Waals surface area (Å²) in [7, 11) is 1.21. The van der Waals surface area contributed by atoms with Gasteiger partial charge in [0.25, 0.3) is 5.92 Å². The number of halogens is 3. The van der Waals surface area contributed by atoms with Crippen LogP contribution in [0.2, 0.25) is 5.02 Å². The van der Waals surface area contributed by atoms with Crippen LogP contribution in [0, 0.1) is 0 Å². The number of carbonyl (C=O) groups is 1. The molecule has 1 N–H and O–H groups in total. The van der Waals surface area contributed by atoms with Crippen LogP contribution < -0.4 is 0 Å². The van der Waals surface area contributed by atoms with E-state index in [2.05, 4.69) is 5.10 Å². The summed E-state index contributed by atoms with van der Waals surface area (Å²) in [4.78, 5) is 10.5. The van der Waals surface area contributed by atoms with Gasteiger partial charge in [-0.25, -0.2) is 4.79 Å². The van der Waals surface area contributed by atoms with Gasteiger partial charge in [0.1, 0.15) is 10.7 Å². The van der Waals surface area contributed by atoms with Crippen LogP contribution in [-0.2, 0) is 13.0 Å². The molecule has 0 aliphatic carbocycles. The zero-order valence-corrected chi connectivity index (χ0v) is 8.14. The average molecular weight is 225 g/mol. The Morgan fingerprint density at radius 2 is 2.14 bits per heavy atom. The smallest absolute Gasteiger partial charge is 0.357 e. The molecule has 0 spiro atoms. The molecule has 0 fully saturated rings. The zero-order chi connectivity index (χ0) is 11.1. The Labute approximate surface area is 83.1 Å². The molecule has 0 aliphatic heterocycles. The number of aromatic carboxylic acids is 1. The van der Waals surface area contributed by atoms with Crippen molar-refractivity contribution in [3.8, 4) is 0 Å². The van der Waals surface area contributed by atoms with Gasteiger partial charge in [0.2, 0.25) is 0 Å². The summed E-state index contributed by atoms with van der Waals surface area (Å²) in [6.07, 6.45) is 0. The second-order valence-electron chi connectivity index (χ2n) is 2.83. The topological polar surface area (TPSA) is 55.1 Å². The number of hydrogen-bond acceptors (Lipinski definition) is 2. The quantitative estimate of drug-likeness (QED) is 0.835. The minimum atomic E-state index is -3.22. The van der Waals surface area contributed by atoms with Crippen LogP contribution in [0.25, 0.3) is 0 Å². The lowest BCUT2D eigenvalue weighted by Crippen LogP contribution is -2.13. The second kappa shape index (κ2) is 3.20. The average Bonchev–Trinajstić information content (AvgIpc) is 2.24. The number of aryl methyl sites for hydroxylation is 1. The van der Waals surface area contributed by atoms with E-state index in [1.54, 1.807) is 0 Å². The van der Waals surface area contributed by atoms with Crippen LogP contribution in [0.4, 0.5) is 8.78 Å². The fourth-order valence-corrected chi connectivity index (χ4v) is 1.52. The Hall–Kier alpha value is -1.17. The molecule has 0 bridgehead atoms. The monoisotopic (exact) mass is 224 g/mol. The molecule has 1 rings (SSSR count). The summed E-state index contributed by atoms with van der Waals surface area (Å²) in [6.45, 7) is 0.627. The van der Waals surface area contributed by atoms with Gasteiger partial charge in [-0.1, -0.05) is 11.6 Å². The predicted octanol–water partition coefficient (Wildman–Crippen LogP) is 1.88. The molecule has 7 heteroatoms. The van der Waals surface area contributed by atoms with E-state index in [1.165, 1.54) is 7.05 Å². The number of hydrogen-bond donors (Lipinski definition) is 1. The maximum atomic E-state index is 12.9. The van der Waals surface area contributed by atoms with Gasteiger partial charge in [-0.3, -0.25) is 4.68 Å². The lowest BCUT2D eigenvalue weighted by molar-refractivity contribution is 0.00895. The normalized spacial score (nSPS) is 11.8. The van der Waals surface area contributed by atoms with Crippen LogP contribution in [0.1, 0.15) is 23.1 Å². The lowest BCUT2D eigenvalue weighted by Gasteiger charge is -2.10. The molecule has 0 saturated carbocycles. The van der Waals surface area contributed by atoms with Crippen LogP contribution >= 0.6 is 11.6 Å². The highest BCUT2D eigenvalue weighted by Gasteiger charge is 2.35. The highest BCUT2D eigenvalue weighted by atomic mass is 35.5. The van der Waals surface area contributed by atoms with Gasteiger partial charge in [-0.05, 0) is 0 Å². The molecule has 0 unspecified atom stereocenters. The summed E-state index contributed by atoms with van der Waals surface area (Å²) in [5.41, 5.74) is -1.16. The summed E-state index contributed by atoms with van der Waals surface area (Å²) < 4.78 is 26.6. The fourth-order valence-electron chi connectivity index (χ4n) is 1.11. The first-order valence-electron chi connectivity index (χ1n) is 3.59. The van der Waals surface area contributed by atoms with Crippen molar-refractivity contribution in [1.29, 1.82) is 0 Å². The van der Waals surface area contributed by atoms with Gasteiger partial charge >= 0.3 is 5.97 Å². The van der Waals surface area contributed by atoms with Gasteiger partial charge in [-0.2, -0.15) is 13.9 Å². The van der Waals surface area contributed by atoms with Crippen LogP contribution in [0.5, 0.6) is 0 Å². The zero-order valence-electron chi connectivity index (χ0n) is 7.38. The van der Waals surface area contributed by atoms with E-state index in [4.69, 9.17) is 16.7 Å². The van der Waals surface area contributed by atoms with E-state index >= 15 is 0 Å². The van der Waals surface area contributed by atoms with Crippen molar-refractivity contribution in [2.45, 2.75) is 12.8 Å². The van der Waals surface area contributed by atoms with Crippen molar-refractivity contribution in [3.05, 3.63) is 16.4 Å². The Morgan fingerprint density at radius 3 is 2.36 bits per heavy atom. The maximum Gasteiger partial charge on any atom is 0.357 e. The molecule has 0 saturated heterocycles. The molecule has 0 amide bonds. The molecule has 0 atom stereocenters. The molecule has 14 heavy (non-hydrogen) atoms. The standard InChI is InChI=1S/C7H7ClF2N2O2/c1-7(9,10)5-3(8)4(6(13)14)11-12(5)2/h1-2H3,(H,13,14). The third-order valence-corrected chi connectivity index (χ3v) is 1.97. The van der Waals surface area contributed by atoms with Crippen molar-refractivity contribution in [2.75, 3.05) is 0 Å². The van der Waals surface area contributed by atoms with Crippen LogP contribution in [0.15, 0.2) is 0 Å². The third kappa shape index (κ3) is 1.70. The van der Waals surface area contributed by atoms with Crippen molar-refractivity contribution >= 4 is 17.6 Å². The van der Waals surface area contributed by atoms with E-state index in [9.17, 15) is 13.6 Å². The molecule has 0 aromatic carbocycles. The molecular weight excluding hydrogens is 218 g/mol. The van der Waals surface area contributed by atoms with E-state index < -0.39 is 28.3 Å². The van der Waals surface area contributed by atoms with E-state index in [0.29, 0.717) is 6.92 Å². The highest BCUT2D eigenvalue weighted by Crippen LogP contribution is 2.34. The van der Waals surface area contributed by atoms with Crippen molar-refractivity contribution in [2.24, 2.45) is 7.05 Å². The van der Waals surface area contributed by atoms with E-state index in [0.717, 1.165) is 4.68 Å². The summed E-state index contributed by atoms with van der Waals surface area (Å²) in [6, 6.07) is 0. The molecule has 78 valence electrons. The molecule has 4 nitrogen and oxygen atoms in total. The van der Waals surface area contributed by atoms with Gasteiger partial charge in [0.05, 0.1) is 0 Å². The fraction of sp³-hybridized carbons (Fsp3) is 0.429. The van der Waals surface area contributed by atoms with E-state index in [-0.39, 0.29) is 0 Å². The number of carboxylic acids is 1. The van der Waals surface area contributed by atoms with Gasteiger partial charge < -0.3 is 5.11 Å². The first kappa shape index (κ1) is 10.9. The number of nitrogens with zero attached hydrogens (tertiary/aromatic N) is 2. The van der Waals surface area contributed by atoms with Crippen molar-refractivity contribution in [3.63, 3.8) is 0 Å². The van der Waals surface area contributed by atoms with Crippen LogP contribution in [-0.4, -0.2) is 20.9 Å². The van der Waals surface area contributed by atoms with Crippen LogP contribution in [0.3, 0.4) is 0 Å². The minimum Gasteiger partial charge on any atom is -0.476 e. The Bertz CT molecular complexity index is 384. The lowest BCUT2D eigenvalue weighted by atomic mass is 10.2. The SMILES string of the molecule is Cn1nc(C(=O)O)c(Cl)c1C(C)(F)F. The van der Waals surface area contributed by atoms with Gasteiger partial charge in [-0.15, -0.1) is 0 Å². The number of alkyl halides is 2. The van der Waals surface area contributed by atoms with Crippen molar-refractivity contribution < 1.29 is 18.7 Å². The molecule has 0 aliphatic rings.